The van der Waals surface area contributed by atoms with Crippen LogP contribution in [0.25, 0.3) is 0 Å². The summed E-state index contributed by atoms with van der Waals surface area (Å²) in [7, 11) is 0. The average molecular weight is 241 g/mol. The zero-order chi connectivity index (χ0) is 13.1. The van der Waals surface area contributed by atoms with E-state index in [0.29, 0.717) is 11.3 Å². The smallest absolute Gasteiger partial charge is 0.144 e. The van der Waals surface area contributed by atoms with Gasteiger partial charge in [0.25, 0.3) is 0 Å². The molecule has 0 amide bonds. The number of aliphatic imine (C=N–C) groups is 1. The number of rotatable bonds is 2. The minimum atomic E-state index is 0.171. The van der Waals surface area contributed by atoms with Crippen molar-refractivity contribution in [2.45, 2.75) is 13.8 Å². The van der Waals surface area contributed by atoms with Gasteiger partial charge in [-0.3, -0.25) is 4.99 Å². The molecular formula is C15H15NO2. The van der Waals surface area contributed by atoms with Crippen LogP contribution in [0.3, 0.4) is 0 Å². The fraction of sp³-hybridized carbons (Fsp3) is 0.133. The molecule has 0 aliphatic rings. The van der Waals surface area contributed by atoms with E-state index in [1.165, 1.54) is 0 Å². The zero-order valence-corrected chi connectivity index (χ0v) is 10.4. The summed E-state index contributed by atoms with van der Waals surface area (Å²) in [5, 5.41) is 19.5. The van der Waals surface area contributed by atoms with Crippen LogP contribution in [0.5, 0.6) is 11.5 Å². The molecule has 2 rings (SSSR count). The summed E-state index contributed by atoms with van der Waals surface area (Å²) in [5.41, 5.74) is 2.96. The normalized spacial score (nSPS) is 11.0. The number of nitrogens with zero attached hydrogens (tertiary/aromatic N) is 1. The van der Waals surface area contributed by atoms with Crippen LogP contribution < -0.4 is 0 Å². The molecule has 18 heavy (non-hydrogen) atoms. The van der Waals surface area contributed by atoms with Gasteiger partial charge in [-0.2, -0.15) is 0 Å². The average Bonchev–Trinajstić information content (AvgIpc) is 2.33. The van der Waals surface area contributed by atoms with Gasteiger partial charge in [0.15, 0.2) is 0 Å². The molecule has 0 aromatic heterocycles. The van der Waals surface area contributed by atoms with Gasteiger partial charge < -0.3 is 10.2 Å². The van der Waals surface area contributed by atoms with Crippen molar-refractivity contribution in [3.63, 3.8) is 0 Å². The SMILES string of the molecule is Cc1cc(C)c(O)c(N=Cc2ccccc2O)c1. The van der Waals surface area contributed by atoms with E-state index >= 15 is 0 Å². The quantitative estimate of drug-likeness (QED) is 0.791. The third-order valence-electron chi connectivity index (χ3n) is 2.70. The van der Waals surface area contributed by atoms with Crippen LogP contribution in [0.2, 0.25) is 0 Å². The third-order valence-corrected chi connectivity index (χ3v) is 2.70. The van der Waals surface area contributed by atoms with Crippen LogP contribution in [-0.4, -0.2) is 16.4 Å². The van der Waals surface area contributed by atoms with Crippen molar-refractivity contribution in [1.29, 1.82) is 0 Å². The van der Waals surface area contributed by atoms with Crippen LogP contribution in [0.4, 0.5) is 5.69 Å². The largest absolute Gasteiger partial charge is 0.507 e. The van der Waals surface area contributed by atoms with Gasteiger partial charge in [-0.05, 0) is 43.2 Å². The van der Waals surface area contributed by atoms with E-state index < -0.39 is 0 Å². The van der Waals surface area contributed by atoms with Crippen molar-refractivity contribution in [3.05, 3.63) is 53.1 Å². The highest BCUT2D eigenvalue weighted by Gasteiger charge is 2.04. The number of hydrogen-bond acceptors (Lipinski definition) is 3. The number of aromatic hydroxyl groups is 2. The van der Waals surface area contributed by atoms with Gasteiger partial charge >= 0.3 is 0 Å². The first-order valence-corrected chi connectivity index (χ1v) is 5.70. The van der Waals surface area contributed by atoms with Gasteiger partial charge in [0.05, 0.1) is 0 Å². The molecule has 92 valence electrons. The molecular weight excluding hydrogens is 226 g/mol. The lowest BCUT2D eigenvalue weighted by Gasteiger charge is -2.04. The molecule has 0 aliphatic carbocycles. The standard InChI is InChI=1S/C15H15NO2/c1-10-7-11(2)15(18)13(8-10)16-9-12-5-3-4-6-14(12)17/h3-9,17-18H,1-2H3. The molecule has 0 bridgehead atoms. The van der Waals surface area contributed by atoms with Crippen molar-refractivity contribution in [1.82, 2.24) is 0 Å². The third kappa shape index (κ3) is 2.51. The number of benzene rings is 2. The lowest BCUT2D eigenvalue weighted by molar-refractivity contribution is 0.472. The summed E-state index contributed by atoms with van der Waals surface area (Å²) in [4.78, 5) is 4.22. The van der Waals surface area contributed by atoms with E-state index in [1.807, 2.05) is 26.0 Å². The van der Waals surface area contributed by atoms with Crippen molar-refractivity contribution < 1.29 is 10.2 Å². The lowest BCUT2D eigenvalue weighted by Crippen LogP contribution is -1.83. The highest BCUT2D eigenvalue weighted by molar-refractivity contribution is 5.86. The van der Waals surface area contributed by atoms with Crippen LogP contribution in [-0.2, 0) is 0 Å². The Bertz CT molecular complexity index is 603. The molecule has 0 fully saturated rings. The second-order valence-electron chi connectivity index (χ2n) is 4.27. The Kier molecular flexibility index (Phi) is 3.33. The van der Waals surface area contributed by atoms with Crippen molar-refractivity contribution >= 4 is 11.9 Å². The molecule has 0 spiro atoms. The topological polar surface area (TPSA) is 52.8 Å². The first-order chi connectivity index (χ1) is 8.58. The Hall–Kier alpha value is -2.29. The van der Waals surface area contributed by atoms with E-state index in [-0.39, 0.29) is 11.5 Å². The van der Waals surface area contributed by atoms with Crippen LogP contribution in [0.15, 0.2) is 41.4 Å². The molecule has 2 aromatic carbocycles. The molecule has 0 unspecified atom stereocenters. The summed E-state index contributed by atoms with van der Waals surface area (Å²) < 4.78 is 0. The summed E-state index contributed by atoms with van der Waals surface area (Å²) >= 11 is 0. The Labute approximate surface area is 106 Å². The van der Waals surface area contributed by atoms with Gasteiger partial charge in [-0.1, -0.05) is 18.2 Å². The second-order valence-corrected chi connectivity index (χ2v) is 4.27. The molecule has 3 heteroatoms. The molecule has 0 atom stereocenters. The van der Waals surface area contributed by atoms with E-state index in [4.69, 9.17) is 0 Å². The molecule has 0 saturated heterocycles. The first kappa shape index (κ1) is 12.2. The first-order valence-electron chi connectivity index (χ1n) is 5.70. The number of hydrogen-bond donors (Lipinski definition) is 2. The summed E-state index contributed by atoms with van der Waals surface area (Å²) in [6, 6.07) is 10.6. The van der Waals surface area contributed by atoms with Crippen LogP contribution in [0, 0.1) is 13.8 Å². The van der Waals surface area contributed by atoms with Gasteiger partial charge in [-0.25, -0.2) is 0 Å². The minimum absolute atomic E-state index is 0.171. The molecule has 0 saturated carbocycles. The number of aryl methyl sites for hydroxylation is 2. The summed E-state index contributed by atoms with van der Waals surface area (Å²) in [6.45, 7) is 3.78. The highest BCUT2D eigenvalue weighted by Crippen LogP contribution is 2.31. The highest BCUT2D eigenvalue weighted by atomic mass is 16.3. The Morgan fingerprint density at radius 1 is 1.06 bits per heavy atom. The Balaban J connectivity index is 2.38. The summed E-state index contributed by atoms with van der Waals surface area (Å²) in [6.07, 6.45) is 1.54. The Morgan fingerprint density at radius 3 is 2.50 bits per heavy atom. The molecule has 0 heterocycles. The number of phenolic OH excluding ortho intramolecular Hbond substituents is 2. The van der Waals surface area contributed by atoms with Gasteiger partial charge in [-0.15, -0.1) is 0 Å². The molecule has 3 nitrogen and oxygen atoms in total. The van der Waals surface area contributed by atoms with Crippen molar-refractivity contribution in [2.75, 3.05) is 0 Å². The van der Waals surface area contributed by atoms with Crippen molar-refractivity contribution in [2.24, 2.45) is 4.99 Å². The molecule has 2 N–H and O–H groups in total. The second kappa shape index (κ2) is 4.92. The van der Waals surface area contributed by atoms with Gasteiger partial charge in [0.1, 0.15) is 17.2 Å². The predicted molar refractivity (Wildman–Crippen MR) is 72.9 cm³/mol. The minimum Gasteiger partial charge on any atom is -0.507 e. The van der Waals surface area contributed by atoms with Gasteiger partial charge in [0, 0.05) is 11.8 Å². The fourth-order valence-corrected chi connectivity index (χ4v) is 1.77. The van der Waals surface area contributed by atoms with Crippen LogP contribution >= 0.6 is 0 Å². The number of para-hydroxylation sites is 1. The van der Waals surface area contributed by atoms with Crippen molar-refractivity contribution in [3.8, 4) is 11.5 Å². The number of phenols is 2. The molecule has 2 aromatic rings. The van der Waals surface area contributed by atoms with Crippen LogP contribution in [0.1, 0.15) is 16.7 Å². The van der Waals surface area contributed by atoms with E-state index in [1.54, 1.807) is 30.5 Å². The Morgan fingerprint density at radius 2 is 1.78 bits per heavy atom. The predicted octanol–water partition coefficient (Wildman–Crippen LogP) is 3.47. The zero-order valence-electron chi connectivity index (χ0n) is 10.4. The fourth-order valence-electron chi connectivity index (χ4n) is 1.77. The monoisotopic (exact) mass is 241 g/mol. The maximum Gasteiger partial charge on any atom is 0.144 e. The van der Waals surface area contributed by atoms with E-state index in [2.05, 4.69) is 4.99 Å². The summed E-state index contributed by atoms with van der Waals surface area (Å²) in [5.74, 6) is 0.345. The maximum atomic E-state index is 9.89. The van der Waals surface area contributed by atoms with E-state index in [9.17, 15) is 10.2 Å². The lowest BCUT2D eigenvalue weighted by atomic mass is 10.1. The van der Waals surface area contributed by atoms with E-state index in [0.717, 1.165) is 11.1 Å². The molecule has 0 aliphatic heterocycles. The van der Waals surface area contributed by atoms with Gasteiger partial charge in [0.2, 0.25) is 0 Å². The maximum absolute atomic E-state index is 9.89. The molecule has 0 radical (unpaired) electrons.